The molecule has 2 unspecified atom stereocenters. The maximum Gasteiger partial charge on any atom is 0.141 e. The first-order chi connectivity index (χ1) is 9.98. The lowest BCUT2D eigenvalue weighted by Gasteiger charge is -2.31. The van der Waals surface area contributed by atoms with E-state index in [1.165, 1.54) is 0 Å². The fourth-order valence-corrected chi connectivity index (χ4v) is 3.32. The molecule has 2 rings (SSSR count). The van der Waals surface area contributed by atoms with E-state index in [-0.39, 0.29) is 18.3 Å². The standard InChI is InChI=1S/C17H24O4/c1-11-7-13(20-3)8-15(21-4)14(11)9-17(10-18)12(2)5-6-16(17)19/h7-8,12,18H,5-6,9-10H2,1-4H3. The van der Waals surface area contributed by atoms with Crippen molar-refractivity contribution >= 4 is 5.78 Å². The molecule has 1 saturated carbocycles. The van der Waals surface area contributed by atoms with Gasteiger partial charge < -0.3 is 14.6 Å². The van der Waals surface area contributed by atoms with Crippen LogP contribution in [0.5, 0.6) is 11.5 Å². The molecule has 0 saturated heterocycles. The highest BCUT2D eigenvalue weighted by Gasteiger charge is 2.47. The Morgan fingerprint density at radius 3 is 2.52 bits per heavy atom. The number of benzene rings is 1. The van der Waals surface area contributed by atoms with Gasteiger partial charge in [0.2, 0.25) is 0 Å². The molecule has 1 fully saturated rings. The molecular weight excluding hydrogens is 268 g/mol. The van der Waals surface area contributed by atoms with Crippen LogP contribution < -0.4 is 9.47 Å². The second-order valence-electron chi connectivity index (χ2n) is 5.98. The van der Waals surface area contributed by atoms with Crippen LogP contribution in [0, 0.1) is 18.3 Å². The molecule has 4 nitrogen and oxygen atoms in total. The van der Waals surface area contributed by atoms with Crippen molar-refractivity contribution in [1.29, 1.82) is 0 Å². The van der Waals surface area contributed by atoms with Gasteiger partial charge in [0.25, 0.3) is 0 Å². The number of aliphatic hydroxyl groups excluding tert-OH is 1. The zero-order valence-corrected chi connectivity index (χ0v) is 13.2. The molecule has 0 radical (unpaired) electrons. The van der Waals surface area contributed by atoms with Crippen molar-refractivity contribution in [3.8, 4) is 11.5 Å². The lowest BCUT2D eigenvalue weighted by molar-refractivity contribution is -0.129. The van der Waals surface area contributed by atoms with Crippen molar-refractivity contribution in [3.05, 3.63) is 23.3 Å². The lowest BCUT2D eigenvalue weighted by atomic mass is 9.73. The van der Waals surface area contributed by atoms with E-state index in [9.17, 15) is 9.90 Å². The van der Waals surface area contributed by atoms with Crippen LogP contribution in [0.2, 0.25) is 0 Å². The van der Waals surface area contributed by atoms with Crippen molar-refractivity contribution in [2.45, 2.75) is 33.1 Å². The lowest BCUT2D eigenvalue weighted by Crippen LogP contribution is -2.38. The average Bonchev–Trinajstić information content (AvgIpc) is 2.77. The smallest absolute Gasteiger partial charge is 0.141 e. The zero-order chi connectivity index (χ0) is 15.6. The predicted octanol–water partition coefficient (Wildman–Crippen LogP) is 2.53. The zero-order valence-electron chi connectivity index (χ0n) is 13.2. The van der Waals surface area contributed by atoms with E-state index < -0.39 is 5.41 Å². The van der Waals surface area contributed by atoms with Crippen molar-refractivity contribution < 1.29 is 19.4 Å². The van der Waals surface area contributed by atoms with Crippen molar-refractivity contribution in [1.82, 2.24) is 0 Å². The van der Waals surface area contributed by atoms with Crippen LogP contribution in [0.15, 0.2) is 12.1 Å². The Balaban J connectivity index is 2.45. The number of aliphatic hydroxyl groups is 1. The molecule has 1 aliphatic rings. The van der Waals surface area contributed by atoms with Gasteiger partial charge in [0.05, 0.1) is 26.2 Å². The molecule has 0 bridgehead atoms. The summed E-state index contributed by atoms with van der Waals surface area (Å²) >= 11 is 0. The molecule has 0 aliphatic heterocycles. The Morgan fingerprint density at radius 1 is 1.33 bits per heavy atom. The van der Waals surface area contributed by atoms with E-state index in [2.05, 4.69) is 0 Å². The highest BCUT2D eigenvalue weighted by atomic mass is 16.5. The Labute approximate surface area is 126 Å². The third-order valence-corrected chi connectivity index (χ3v) is 4.94. The highest BCUT2D eigenvalue weighted by molar-refractivity contribution is 5.88. The fourth-order valence-electron chi connectivity index (χ4n) is 3.32. The van der Waals surface area contributed by atoms with E-state index in [1.807, 2.05) is 26.0 Å². The van der Waals surface area contributed by atoms with Gasteiger partial charge in [-0.2, -0.15) is 0 Å². The minimum atomic E-state index is -0.674. The molecule has 1 N–H and O–H groups in total. The van der Waals surface area contributed by atoms with Crippen LogP contribution in [-0.2, 0) is 11.2 Å². The first kappa shape index (κ1) is 15.8. The summed E-state index contributed by atoms with van der Waals surface area (Å²) in [6, 6.07) is 3.77. The Morgan fingerprint density at radius 2 is 2.05 bits per heavy atom. The SMILES string of the molecule is COc1cc(C)c(CC2(CO)C(=O)CCC2C)c(OC)c1. The third kappa shape index (κ3) is 2.64. The summed E-state index contributed by atoms with van der Waals surface area (Å²) in [4.78, 5) is 12.4. The summed E-state index contributed by atoms with van der Waals surface area (Å²) in [5.74, 6) is 1.79. The number of carbonyl (C=O) groups excluding carboxylic acids is 1. The first-order valence-electron chi connectivity index (χ1n) is 7.34. The Hall–Kier alpha value is -1.55. The molecule has 0 spiro atoms. The van der Waals surface area contributed by atoms with Crippen LogP contribution in [0.25, 0.3) is 0 Å². The monoisotopic (exact) mass is 292 g/mol. The molecule has 0 heterocycles. The molecule has 21 heavy (non-hydrogen) atoms. The number of methoxy groups -OCH3 is 2. The van der Waals surface area contributed by atoms with Gasteiger partial charge in [-0.25, -0.2) is 0 Å². The van der Waals surface area contributed by atoms with Crippen LogP contribution in [0.1, 0.15) is 30.9 Å². The van der Waals surface area contributed by atoms with E-state index in [4.69, 9.17) is 9.47 Å². The van der Waals surface area contributed by atoms with Crippen LogP contribution >= 0.6 is 0 Å². The van der Waals surface area contributed by atoms with E-state index in [0.717, 1.165) is 23.3 Å². The number of rotatable bonds is 5. The Bertz CT molecular complexity index is 538. The van der Waals surface area contributed by atoms with E-state index >= 15 is 0 Å². The molecule has 1 aliphatic carbocycles. The van der Waals surface area contributed by atoms with Crippen LogP contribution in [0.3, 0.4) is 0 Å². The fraction of sp³-hybridized carbons (Fsp3) is 0.588. The number of ketones is 1. The molecular formula is C17H24O4. The van der Waals surface area contributed by atoms with Gasteiger partial charge in [0.1, 0.15) is 17.3 Å². The maximum absolute atomic E-state index is 12.4. The predicted molar refractivity (Wildman–Crippen MR) is 80.9 cm³/mol. The summed E-state index contributed by atoms with van der Waals surface area (Å²) in [7, 11) is 3.23. The number of ether oxygens (including phenoxy) is 2. The average molecular weight is 292 g/mol. The van der Waals surface area contributed by atoms with E-state index in [0.29, 0.717) is 18.6 Å². The van der Waals surface area contributed by atoms with Crippen molar-refractivity contribution in [2.75, 3.05) is 20.8 Å². The number of Topliss-reactive ketones (excluding diaryl/α,β-unsaturated/α-hetero) is 1. The molecule has 0 amide bonds. The highest BCUT2D eigenvalue weighted by Crippen LogP contribution is 2.45. The largest absolute Gasteiger partial charge is 0.497 e. The quantitative estimate of drug-likeness (QED) is 0.906. The second-order valence-corrected chi connectivity index (χ2v) is 5.98. The minimum absolute atomic E-state index is 0.110. The molecule has 116 valence electrons. The summed E-state index contributed by atoms with van der Waals surface area (Å²) in [6.45, 7) is 3.92. The summed E-state index contributed by atoms with van der Waals surface area (Å²) in [5.41, 5.74) is 1.33. The van der Waals surface area contributed by atoms with Gasteiger partial charge in [0.15, 0.2) is 0 Å². The van der Waals surface area contributed by atoms with Crippen LogP contribution in [-0.4, -0.2) is 31.7 Å². The minimum Gasteiger partial charge on any atom is -0.497 e. The molecule has 0 aromatic heterocycles. The van der Waals surface area contributed by atoms with Gasteiger partial charge in [-0.05, 0) is 42.9 Å². The van der Waals surface area contributed by atoms with Gasteiger partial charge in [-0.15, -0.1) is 0 Å². The van der Waals surface area contributed by atoms with Gasteiger partial charge in [0, 0.05) is 12.5 Å². The van der Waals surface area contributed by atoms with Crippen molar-refractivity contribution in [3.63, 3.8) is 0 Å². The molecule has 4 heteroatoms. The second kappa shape index (κ2) is 6.06. The summed E-state index contributed by atoms with van der Waals surface area (Å²) in [6.07, 6.45) is 1.92. The topological polar surface area (TPSA) is 55.8 Å². The van der Waals surface area contributed by atoms with Gasteiger partial charge >= 0.3 is 0 Å². The molecule has 1 aromatic rings. The number of hydrogen-bond acceptors (Lipinski definition) is 4. The first-order valence-corrected chi connectivity index (χ1v) is 7.34. The number of hydrogen-bond donors (Lipinski definition) is 1. The molecule has 1 aromatic carbocycles. The summed E-state index contributed by atoms with van der Waals surface area (Å²) in [5, 5.41) is 9.89. The van der Waals surface area contributed by atoms with Gasteiger partial charge in [-0.3, -0.25) is 4.79 Å². The normalized spacial score (nSPS) is 25.2. The van der Waals surface area contributed by atoms with E-state index in [1.54, 1.807) is 14.2 Å². The van der Waals surface area contributed by atoms with Gasteiger partial charge in [-0.1, -0.05) is 6.92 Å². The molecule has 2 atom stereocenters. The number of aryl methyl sites for hydroxylation is 1. The van der Waals surface area contributed by atoms with Crippen molar-refractivity contribution in [2.24, 2.45) is 11.3 Å². The third-order valence-electron chi connectivity index (χ3n) is 4.94. The summed E-state index contributed by atoms with van der Waals surface area (Å²) < 4.78 is 10.7. The Kier molecular flexibility index (Phi) is 4.57. The van der Waals surface area contributed by atoms with Crippen LogP contribution in [0.4, 0.5) is 0 Å². The maximum atomic E-state index is 12.4. The number of carbonyl (C=O) groups is 1.